The number of fused-ring (bicyclic) bond motifs is 1. The van der Waals surface area contributed by atoms with Crippen molar-refractivity contribution in [3.63, 3.8) is 0 Å². The van der Waals surface area contributed by atoms with Crippen LogP contribution in [0, 0.1) is 0 Å². The van der Waals surface area contributed by atoms with Gasteiger partial charge in [-0.2, -0.15) is 0 Å². The highest BCUT2D eigenvalue weighted by Gasteiger charge is 2.25. The third-order valence-corrected chi connectivity index (χ3v) is 2.30. The molecule has 0 aliphatic carbocycles. The molecular weight excluding hydrogens is 190 g/mol. The lowest BCUT2D eigenvalue weighted by Crippen LogP contribution is -2.27. The number of halogens is 1. The number of amides is 1. The molecule has 0 fully saturated rings. The number of nitrogens with one attached hydrogen (secondary N) is 1. The third kappa shape index (κ3) is 1.10. The summed E-state index contributed by atoms with van der Waals surface area (Å²) in [6.45, 7) is 0. The SMILES string of the molecule is CN1NC=C2C1=CC=C(Cl)N2C=O. The second kappa shape index (κ2) is 2.81. The van der Waals surface area contributed by atoms with Gasteiger partial charge in [0.05, 0.1) is 11.4 Å². The van der Waals surface area contributed by atoms with E-state index in [1.54, 1.807) is 12.3 Å². The van der Waals surface area contributed by atoms with Gasteiger partial charge in [0.2, 0.25) is 6.41 Å². The van der Waals surface area contributed by atoms with E-state index in [9.17, 15) is 4.79 Å². The van der Waals surface area contributed by atoms with Gasteiger partial charge in [0.15, 0.2) is 0 Å². The maximum Gasteiger partial charge on any atom is 0.219 e. The Morgan fingerprint density at radius 2 is 2.23 bits per heavy atom. The molecular formula is C8H8ClN3O. The van der Waals surface area contributed by atoms with Crippen molar-refractivity contribution in [1.29, 1.82) is 0 Å². The fourth-order valence-electron chi connectivity index (χ4n) is 1.31. The van der Waals surface area contributed by atoms with Gasteiger partial charge in [-0.3, -0.25) is 14.7 Å². The van der Waals surface area contributed by atoms with Crippen LogP contribution in [0.2, 0.25) is 0 Å². The van der Waals surface area contributed by atoms with Gasteiger partial charge in [0.25, 0.3) is 0 Å². The Kier molecular flexibility index (Phi) is 1.77. The van der Waals surface area contributed by atoms with Crippen LogP contribution >= 0.6 is 11.6 Å². The molecule has 0 aromatic rings. The standard InChI is InChI=1S/C8H8ClN3O/c1-11-6-2-3-8(9)12(5-13)7(6)4-10-11/h2-5,10H,1H3. The molecule has 2 rings (SSSR count). The van der Waals surface area contributed by atoms with Gasteiger partial charge in [-0.05, 0) is 12.2 Å². The zero-order valence-electron chi connectivity index (χ0n) is 6.99. The molecule has 68 valence electrons. The Hall–Kier alpha value is -1.42. The van der Waals surface area contributed by atoms with E-state index < -0.39 is 0 Å². The van der Waals surface area contributed by atoms with E-state index in [4.69, 9.17) is 11.6 Å². The van der Waals surface area contributed by atoms with Crippen molar-refractivity contribution in [2.24, 2.45) is 0 Å². The quantitative estimate of drug-likeness (QED) is 0.497. The normalized spacial score (nSPS) is 20.0. The molecule has 2 heterocycles. The summed E-state index contributed by atoms with van der Waals surface area (Å²) in [4.78, 5) is 12.1. The summed E-state index contributed by atoms with van der Waals surface area (Å²) in [5.41, 5.74) is 4.65. The third-order valence-electron chi connectivity index (χ3n) is 1.99. The van der Waals surface area contributed by atoms with Crippen LogP contribution in [0.3, 0.4) is 0 Å². The first-order chi connectivity index (χ1) is 6.24. The van der Waals surface area contributed by atoms with Gasteiger partial charge in [-0.25, -0.2) is 0 Å². The highest BCUT2D eigenvalue weighted by Crippen LogP contribution is 2.29. The minimum Gasteiger partial charge on any atom is -0.304 e. The van der Waals surface area contributed by atoms with Crippen molar-refractivity contribution in [2.45, 2.75) is 0 Å². The zero-order valence-corrected chi connectivity index (χ0v) is 7.75. The van der Waals surface area contributed by atoms with Crippen LogP contribution in [0.15, 0.2) is 34.9 Å². The van der Waals surface area contributed by atoms with Crippen LogP contribution in [0.1, 0.15) is 0 Å². The van der Waals surface area contributed by atoms with E-state index in [0.717, 1.165) is 11.4 Å². The number of rotatable bonds is 1. The molecule has 0 aromatic carbocycles. The Morgan fingerprint density at radius 3 is 2.92 bits per heavy atom. The molecule has 2 aliphatic heterocycles. The van der Waals surface area contributed by atoms with E-state index in [1.165, 1.54) is 4.90 Å². The van der Waals surface area contributed by atoms with Gasteiger partial charge in [0.1, 0.15) is 5.16 Å². The number of hydrazine groups is 1. The van der Waals surface area contributed by atoms with E-state index in [2.05, 4.69) is 5.43 Å². The van der Waals surface area contributed by atoms with Crippen molar-refractivity contribution < 1.29 is 4.79 Å². The fourth-order valence-corrected chi connectivity index (χ4v) is 1.51. The number of carbonyl (C=O) groups is 1. The second-order valence-electron chi connectivity index (χ2n) is 2.73. The second-order valence-corrected chi connectivity index (χ2v) is 3.12. The van der Waals surface area contributed by atoms with Crippen LogP contribution in [0.4, 0.5) is 0 Å². The fraction of sp³-hybridized carbons (Fsp3) is 0.125. The number of allylic oxidation sites excluding steroid dienone is 2. The summed E-state index contributed by atoms with van der Waals surface area (Å²) >= 11 is 5.82. The van der Waals surface area contributed by atoms with Gasteiger partial charge < -0.3 is 5.43 Å². The first-order valence-corrected chi connectivity index (χ1v) is 4.14. The largest absolute Gasteiger partial charge is 0.304 e. The topological polar surface area (TPSA) is 35.6 Å². The number of likely N-dealkylation sites (N-methyl/N-ethyl adjacent to an activating group) is 1. The molecule has 1 amide bonds. The van der Waals surface area contributed by atoms with Crippen LogP contribution in [-0.4, -0.2) is 23.4 Å². The number of nitrogens with zero attached hydrogens (tertiary/aromatic N) is 2. The van der Waals surface area contributed by atoms with Crippen LogP contribution in [0.5, 0.6) is 0 Å². The summed E-state index contributed by atoms with van der Waals surface area (Å²) in [5, 5.41) is 2.22. The Labute approximate surface area is 80.7 Å². The molecule has 0 saturated carbocycles. The molecule has 5 heteroatoms. The van der Waals surface area contributed by atoms with Crippen molar-refractivity contribution in [3.05, 3.63) is 34.9 Å². The Morgan fingerprint density at radius 1 is 1.46 bits per heavy atom. The predicted molar refractivity (Wildman–Crippen MR) is 48.9 cm³/mol. The lowest BCUT2D eigenvalue weighted by atomic mass is 10.2. The monoisotopic (exact) mass is 197 g/mol. The van der Waals surface area contributed by atoms with Crippen LogP contribution in [0.25, 0.3) is 0 Å². The van der Waals surface area contributed by atoms with E-state index >= 15 is 0 Å². The van der Waals surface area contributed by atoms with Crippen LogP contribution in [-0.2, 0) is 4.79 Å². The first-order valence-electron chi connectivity index (χ1n) is 3.76. The maximum absolute atomic E-state index is 10.7. The van der Waals surface area contributed by atoms with Gasteiger partial charge in [-0.15, -0.1) is 0 Å². The highest BCUT2D eigenvalue weighted by atomic mass is 35.5. The summed E-state index contributed by atoms with van der Waals surface area (Å²) in [6.07, 6.45) is 5.97. The minimum atomic E-state index is 0.405. The summed E-state index contributed by atoms with van der Waals surface area (Å²) in [5.74, 6) is 0. The molecule has 13 heavy (non-hydrogen) atoms. The van der Waals surface area contributed by atoms with E-state index in [0.29, 0.717) is 11.6 Å². The molecule has 0 aromatic heterocycles. The van der Waals surface area contributed by atoms with Crippen molar-refractivity contribution in [3.8, 4) is 0 Å². The molecule has 0 unspecified atom stereocenters. The molecule has 0 saturated heterocycles. The molecule has 4 nitrogen and oxygen atoms in total. The minimum absolute atomic E-state index is 0.405. The lowest BCUT2D eigenvalue weighted by molar-refractivity contribution is -0.114. The highest BCUT2D eigenvalue weighted by molar-refractivity contribution is 6.30. The van der Waals surface area contributed by atoms with Gasteiger partial charge in [-0.1, -0.05) is 11.6 Å². The molecule has 0 atom stereocenters. The van der Waals surface area contributed by atoms with Gasteiger partial charge >= 0.3 is 0 Å². The van der Waals surface area contributed by atoms with E-state index in [-0.39, 0.29) is 0 Å². The molecule has 0 bridgehead atoms. The average molecular weight is 198 g/mol. The maximum atomic E-state index is 10.7. The Bertz CT molecular complexity index is 345. The van der Waals surface area contributed by atoms with Crippen molar-refractivity contribution in [2.75, 3.05) is 7.05 Å². The van der Waals surface area contributed by atoms with Crippen LogP contribution < -0.4 is 5.43 Å². The molecule has 2 aliphatic rings. The average Bonchev–Trinajstić information content (AvgIpc) is 2.48. The molecule has 1 N–H and O–H groups in total. The predicted octanol–water partition coefficient (Wildman–Crippen LogP) is 0.714. The number of hydrogen-bond acceptors (Lipinski definition) is 3. The van der Waals surface area contributed by atoms with E-state index in [1.807, 2.05) is 18.1 Å². The molecule has 0 radical (unpaired) electrons. The number of carbonyl (C=O) groups excluding carboxylic acids is 1. The number of hydrogen-bond donors (Lipinski definition) is 1. The summed E-state index contributed by atoms with van der Waals surface area (Å²) in [6, 6.07) is 0. The molecule has 0 spiro atoms. The van der Waals surface area contributed by atoms with Crippen molar-refractivity contribution in [1.82, 2.24) is 15.3 Å². The lowest BCUT2D eigenvalue weighted by Gasteiger charge is -2.23. The smallest absolute Gasteiger partial charge is 0.219 e. The van der Waals surface area contributed by atoms with Crippen molar-refractivity contribution >= 4 is 18.0 Å². The Balaban J connectivity index is 2.43. The van der Waals surface area contributed by atoms with Gasteiger partial charge in [0, 0.05) is 13.2 Å². The zero-order chi connectivity index (χ0) is 9.42. The first kappa shape index (κ1) is 8.19. The summed E-state index contributed by atoms with van der Waals surface area (Å²) < 4.78 is 0. The summed E-state index contributed by atoms with van der Waals surface area (Å²) in [7, 11) is 1.87.